The van der Waals surface area contributed by atoms with Crippen LogP contribution in [-0.4, -0.2) is 31.2 Å². The first-order valence-corrected chi connectivity index (χ1v) is 12.2. The minimum Gasteiger partial charge on any atom is -0.363 e. The van der Waals surface area contributed by atoms with Gasteiger partial charge in [0.2, 0.25) is 0 Å². The molecule has 8 nitrogen and oxygen atoms in total. The molecule has 2 atom stereocenters. The monoisotopic (exact) mass is 574 g/mol. The Morgan fingerprint density at radius 1 is 1.14 bits per heavy atom. The number of alkyl halides is 3. The van der Waals surface area contributed by atoms with E-state index in [4.69, 9.17) is 0 Å². The highest BCUT2D eigenvalue weighted by Gasteiger charge is 2.47. The van der Waals surface area contributed by atoms with E-state index in [1.807, 2.05) is 6.07 Å². The number of aromatic nitrogens is 4. The van der Waals surface area contributed by atoms with Crippen molar-refractivity contribution in [1.29, 1.82) is 0 Å². The van der Waals surface area contributed by atoms with Crippen LogP contribution in [0.25, 0.3) is 5.69 Å². The zero-order valence-electron chi connectivity index (χ0n) is 19.8. The lowest BCUT2D eigenvalue weighted by molar-refractivity contribution is -0.173. The highest BCUT2D eigenvalue weighted by Crippen LogP contribution is 2.44. The SMILES string of the molecule is Cc1c(NC(=O)c2cnn3c2N[C@H](c2ccc(Br)cc2)C[C@H]3C(F)(F)F)c(=O)n(-c2ccccc2)n1C. The molecular formula is C25H22BrF3N6O2. The van der Waals surface area contributed by atoms with Crippen molar-refractivity contribution in [1.82, 2.24) is 19.1 Å². The van der Waals surface area contributed by atoms with Crippen molar-refractivity contribution in [2.75, 3.05) is 10.6 Å². The van der Waals surface area contributed by atoms with Gasteiger partial charge in [0, 0.05) is 17.9 Å². The number of halogens is 4. The fraction of sp³-hybridized carbons (Fsp3) is 0.240. The average Bonchev–Trinajstić information content (AvgIpc) is 3.38. The van der Waals surface area contributed by atoms with E-state index >= 15 is 0 Å². The van der Waals surface area contributed by atoms with E-state index in [9.17, 15) is 22.8 Å². The summed E-state index contributed by atoms with van der Waals surface area (Å²) in [6.07, 6.45) is -3.78. The molecule has 0 radical (unpaired) electrons. The van der Waals surface area contributed by atoms with Gasteiger partial charge in [0.05, 0.1) is 23.6 Å². The third-order valence-corrected chi connectivity index (χ3v) is 7.08. The maximum absolute atomic E-state index is 14.0. The molecule has 0 spiro atoms. The van der Waals surface area contributed by atoms with Gasteiger partial charge in [0.25, 0.3) is 11.5 Å². The van der Waals surface area contributed by atoms with Gasteiger partial charge in [-0.05, 0) is 36.8 Å². The lowest BCUT2D eigenvalue weighted by Gasteiger charge is -2.34. The van der Waals surface area contributed by atoms with Crippen LogP contribution in [0.4, 0.5) is 24.7 Å². The van der Waals surface area contributed by atoms with Crippen LogP contribution in [0.3, 0.4) is 0 Å². The van der Waals surface area contributed by atoms with Crippen molar-refractivity contribution in [2.45, 2.75) is 31.6 Å². The highest BCUT2D eigenvalue weighted by atomic mass is 79.9. The molecule has 2 aromatic carbocycles. The van der Waals surface area contributed by atoms with Crippen molar-refractivity contribution in [2.24, 2.45) is 7.05 Å². The Hall–Kier alpha value is -3.80. The van der Waals surface area contributed by atoms with Crippen LogP contribution < -0.4 is 16.2 Å². The maximum Gasteiger partial charge on any atom is 0.410 e. The van der Waals surface area contributed by atoms with Crippen LogP contribution in [0.1, 0.15) is 40.1 Å². The van der Waals surface area contributed by atoms with E-state index in [0.717, 1.165) is 15.4 Å². The van der Waals surface area contributed by atoms with Gasteiger partial charge in [-0.15, -0.1) is 0 Å². The molecule has 2 aromatic heterocycles. The van der Waals surface area contributed by atoms with Crippen LogP contribution in [-0.2, 0) is 7.05 Å². The van der Waals surface area contributed by atoms with Crippen molar-refractivity contribution in [3.63, 3.8) is 0 Å². The smallest absolute Gasteiger partial charge is 0.363 e. The van der Waals surface area contributed by atoms with Gasteiger partial charge < -0.3 is 10.6 Å². The Kier molecular flexibility index (Phi) is 6.22. The number of amides is 1. The van der Waals surface area contributed by atoms with Gasteiger partial charge in [-0.25, -0.2) is 9.36 Å². The summed E-state index contributed by atoms with van der Waals surface area (Å²) in [4.78, 5) is 26.5. The van der Waals surface area contributed by atoms with Crippen LogP contribution in [0.5, 0.6) is 0 Å². The van der Waals surface area contributed by atoms with E-state index in [1.54, 1.807) is 67.2 Å². The van der Waals surface area contributed by atoms with Gasteiger partial charge in [-0.2, -0.15) is 18.3 Å². The summed E-state index contributed by atoms with van der Waals surface area (Å²) >= 11 is 3.33. The summed E-state index contributed by atoms with van der Waals surface area (Å²) < 4.78 is 46.6. The van der Waals surface area contributed by atoms with Crippen LogP contribution in [0.15, 0.2) is 70.1 Å². The predicted octanol–water partition coefficient (Wildman–Crippen LogP) is 5.36. The number of carbonyl (C=O) groups is 1. The Balaban J connectivity index is 1.51. The molecule has 1 aliphatic rings. The minimum absolute atomic E-state index is 0.0314. The van der Waals surface area contributed by atoms with Crippen molar-refractivity contribution < 1.29 is 18.0 Å². The van der Waals surface area contributed by atoms with Crippen molar-refractivity contribution >= 4 is 33.3 Å². The predicted molar refractivity (Wildman–Crippen MR) is 136 cm³/mol. The molecule has 1 amide bonds. The largest absolute Gasteiger partial charge is 0.410 e. The second-order valence-electron chi connectivity index (χ2n) is 8.78. The van der Waals surface area contributed by atoms with Crippen molar-refractivity contribution in [3.8, 4) is 5.69 Å². The molecule has 0 unspecified atom stereocenters. The number of hydrogen-bond acceptors (Lipinski definition) is 4. The lowest BCUT2D eigenvalue weighted by Crippen LogP contribution is -2.36. The number of fused-ring (bicyclic) bond motifs is 1. The number of nitrogens with zero attached hydrogens (tertiary/aromatic N) is 4. The molecule has 0 aliphatic carbocycles. The molecule has 0 saturated carbocycles. The average molecular weight is 575 g/mol. The van der Waals surface area contributed by atoms with E-state index in [2.05, 4.69) is 31.7 Å². The topological polar surface area (TPSA) is 85.9 Å². The third-order valence-electron chi connectivity index (χ3n) is 6.55. The van der Waals surface area contributed by atoms with Crippen molar-refractivity contribution in [3.05, 3.63) is 92.4 Å². The Bertz CT molecular complexity index is 1520. The fourth-order valence-corrected chi connectivity index (χ4v) is 4.80. The van der Waals surface area contributed by atoms with Crippen LogP contribution >= 0.6 is 15.9 Å². The Morgan fingerprint density at radius 3 is 2.46 bits per heavy atom. The molecule has 37 heavy (non-hydrogen) atoms. The summed E-state index contributed by atoms with van der Waals surface area (Å²) in [5.41, 5.74) is 1.20. The molecule has 0 fully saturated rings. The van der Waals surface area contributed by atoms with Gasteiger partial charge in [0.1, 0.15) is 17.1 Å². The van der Waals surface area contributed by atoms with Gasteiger partial charge in [-0.3, -0.25) is 14.3 Å². The first-order chi connectivity index (χ1) is 17.6. The number of anilines is 2. The standard InChI is InChI=1S/C25H22BrF3N6O2/c1-14-21(24(37)35(33(14)2)17-6-4-3-5-7-17)32-23(36)18-13-30-34-20(25(27,28)29)12-19(31-22(18)34)15-8-10-16(26)11-9-15/h3-11,13,19-20,31H,12H2,1-2H3,(H,32,36)/t19-,20-/m0/s1. The molecule has 12 heteroatoms. The zero-order valence-corrected chi connectivity index (χ0v) is 21.3. The van der Waals surface area contributed by atoms with E-state index in [0.29, 0.717) is 16.9 Å². The molecule has 3 heterocycles. The zero-order chi connectivity index (χ0) is 26.5. The lowest BCUT2D eigenvalue weighted by atomic mass is 9.96. The Labute approximate surface area is 217 Å². The molecule has 192 valence electrons. The number of benzene rings is 2. The molecule has 5 rings (SSSR count). The third kappa shape index (κ3) is 4.45. The number of nitrogens with one attached hydrogen (secondary N) is 2. The number of hydrogen-bond donors (Lipinski definition) is 2. The molecular weight excluding hydrogens is 553 g/mol. The second-order valence-corrected chi connectivity index (χ2v) is 9.70. The van der Waals surface area contributed by atoms with E-state index in [1.165, 1.54) is 4.68 Å². The van der Waals surface area contributed by atoms with Gasteiger partial charge in [-0.1, -0.05) is 46.3 Å². The summed E-state index contributed by atoms with van der Waals surface area (Å²) in [7, 11) is 1.68. The summed E-state index contributed by atoms with van der Waals surface area (Å²) in [6.45, 7) is 1.67. The van der Waals surface area contributed by atoms with Crippen LogP contribution in [0.2, 0.25) is 0 Å². The van der Waals surface area contributed by atoms with Crippen LogP contribution in [0, 0.1) is 6.92 Å². The Morgan fingerprint density at radius 2 is 1.81 bits per heavy atom. The second kappa shape index (κ2) is 9.25. The number of rotatable bonds is 4. The first-order valence-electron chi connectivity index (χ1n) is 11.4. The number of carbonyl (C=O) groups excluding carboxylic acids is 1. The van der Waals surface area contributed by atoms with E-state index in [-0.39, 0.29) is 23.5 Å². The highest BCUT2D eigenvalue weighted by molar-refractivity contribution is 9.10. The van der Waals surface area contributed by atoms with E-state index < -0.39 is 29.7 Å². The summed E-state index contributed by atoms with van der Waals surface area (Å²) in [5, 5.41) is 9.56. The quantitative estimate of drug-likeness (QED) is 0.344. The normalized spacial score (nSPS) is 17.2. The first kappa shape index (κ1) is 24.9. The van der Waals surface area contributed by atoms with Gasteiger partial charge in [0.15, 0.2) is 6.04 Å². The fourth-order valence-electron chi connectivity index (χ4n) is 4.54. The molecule has 1 aliphatic heterocycles. The number of para-hydroxylation sites is 1. The molecule has 4 aromatic rings. The molecule has 2 N–H and O–H groups in total. The minimum atomic E-state index is -4.58. The summed E-state index contributed by atoms with van der Waals surface area (Å²) in [6, 6.07) is 13.2. The molecule has 0 bridgehead atoms. The molecule has 0 saturated heterocycles. The van der Waals surface area contributed by atoms with Gasteiger partial charge >= 0.3 is 6.18 Å². The summed E-state index contributed by atoms with van der Waals surface area (Å²) in [5.74, 6) is -0.798. The maximum atomic E-state index is 14.0.